The molecular formula is C12H25N3. The van der Waals surface area contributed by atoms with E-state index in [-0.39, 0.29) is 0 Å². The third-order valence-corrected chi connectivity index (χ3v) is 3.87. The van der Waals surface area contributed by atoms with E-state index in [0.29, 0.717) is 6.04 Å². The molecule has 1 aliphatic heterocycles. The van der Waals surface area contributed by atoms with Gasteiger partial charge in [-0.2, -0.15) is 0 Å². The highest BCUT2D eigenvalue weighted by Gasteiger charge is 2.34. The molecule has 1 heterocycles. The predicted octanol–water partition coefficient (Wildman–Crippen LogP) is 0.763. The van der Waals surface area contributed by atoms with Gasteiger partial charge in [0, 0.05) is 37.8 Å². The number of likely N-dealkylation sites (tertiary alicyclic amines) is 1. The van der Waals surface area contributed by atoms with Gasteiger partial charge >= 0.3 is 0 Å². The number of hydrogen-bond acceptors (Lipinski definition) is 3. The predicted molar refractivity (Wildman–Crippen MR) is 64.2 cm³/mol. The van der Waals surface area contributed by atoms with Crippen LogP contribution in [-0.2, 0) is 0 Å². The average Bonchev–Trinajstić information content (AvgIpc) is 2.95. The van der Waals surface area contributed by atoms with Crippen molar-refractivity contribution in [2.24, 2.45) is 0 Å². The molecule has 1 saturated heterocycles. The zero-order chi connectivity index (χ0) is 10.8. The molecule has 1 N–H and O–H groups in total. The molecular weight excluding hydrogens is 186 g/mol. The summed E-state index contributed by atoms with van der Waals surface area (Å²) in [6.45, 7) is 6.00. The van der Waals surface area contributed by atoms with E-state index >= 15 is 0 Å². The van der Waals surface area contributed by atoms with Crippen LogP contribution in [0.4, 0.5) is 0 Å². The maximum atomic E-state index is 3.69. The second kappa shape index (κ2) is 4.81. The minimum atomic E-state index is 0.639. The van der Waals surface area contributed by atoms with Crippen molar-refractivity contribution >= 4 is 0 Å². The van der Waals surface area contributed by atoms with E-state index in [4.69, 9.17) is 0 Å². The lowest BCUT2D eigenvalue weighted by Gasteiger charge is -2.22. The monoisotopic (exact) mass is 211 g/mol. The smallest absolute Gasteiger partial charge is 0.0207 e. The Balaban J connectivity index is 1.63. The molecule has 0 bridgehead atoms. The molecule has 0 amide bonds. The number of rotatable bonds is 5. The van der Waals surface area contributed by atoms with Crippen molar-refractivity contribution in [3.05, 3.63) is 0 Å². The number of hydrogen-bond donors (Lipinski definition) is 1. The van der Waals surface area contributed by atoms with Gasteiger partial charge in [-0.3, -0.25) is 4.90 Å². The Bertz CT molecular complexity index is 201. The Morgan fingerprint density at radius 1 is 1.33 bits per heavy atom. The van der Waals surface area contributed by atoms with E-state index < -0.39 is 0 Å². The van der Waals surface area contributed by atoms with Crippen LogP contribution in [0.2, 0.25) is 0 Å². The van der Waals surface area contributed by atoms with Gasteiger partial charge < -0.3 is 10.2 Å². The third kappa shape index (κ3) is 3.16. The molecule has 0 spiro atoms. The quantitative estimate of drug-likeness (QED) is 0.724. The van der Waals surface area contributed by atoms with Crippen LogP contribution < -0.4 is 5.32 Å². The summed E-state index contributed by atoms with van der Waals surface area (Å²) >= 11 is 0. The third-order valence-electron chi connectivity index (χ3n) is 3.87. The Morgan fingerprint density at radius 2 is 2.07 bits per heavy atom. The highest BCUT2D eigenvalue weighted by Crippen LogP contribution is 2.29. The SMILES string of the molecule is CC(CNC1CCN(C2CC2)C1)N(C)C. The molecule has 0 aromatic carbocycles. The summed E-state index contributed by atoms with van der Waals surface area (Å²) in [7, 11) is 4.30. The van der Waals surface area contributed by atoms with Gasteiger partial charge in [0.15, 0.2) is 0 Å². The fourth-order valence-electron chi connectivity index (χ4n) is 2.25. The molecule has 0 aromatic heterocycles. The molecule has 15 heavy (non-hydrogen) atoms. The van der Waals surface area contributed by atoms with E-state index in [1.54, 1.807) is 0 Å². The van der Waals surface area contributed by atoms with Crippen LogP contribution in [0.3, 0.4) is 0 Å². The highest BCUT2D eigenvalue weighted by atomic mass is 15.2. The topological polar surface area (TPSA) is 18.5 Å². The van der Waals surface area contributed by atoms with Crippen molar-refractivity contribution in [1.29, 1.82) is 0 Å². The summed E-state index contributed by atoms with van der Waals surface area (Å²) < 4.78 is 0. The lowest BCUT2D eigenvalue weighted by atomic mass is 10.2. The molecule has 1 aliphatic carbocycles. The highest BCUT2D eigenvalue weighted by molar-refractivity contribution is 4.92. The van der Waals surface area contributed by atoms with Crippen LogP contribution in [0.1, 0.15) is 26.2 Å². The molecule has 2 aliphatic rings. The number of likely N-dealkylation sites (N-methyl/N-ethyl adjacent to an activating group) is 1. The molecule has 0 radical (unpaired) electrons. The lowest BCUT2D eigenvalue weighted by molar-refractivity contribution is 0.284. The van der Waals surface area contributed by atoms with Crippen LogP contribution in [-0.4, -0.2) is 61.7 Å². The molecule has 2 rings (SSSR count). The maximum absolute atomic E-state index is 3.69. The van der Waals surface area contributed by atoms with Gasteiger partial charge in [-0.05, 0) is 40.3 Å². The fourth-order valence-corrected chi connectivity index (χ4v) is 2.25. The van der Waals surface area contributed by atoms with E-state index in [9.17, 15) is 0 Å². The van der Waals surface area contributed by atoms with Gasteiger partial charge in [-0.25, -0.2) is 0 Å². The van der Waals surface area contributed by atoms with E-state index in [2.05, 4.69) is 36.1 Å². The van der Waals surface area contributed by atoms with Gasteiger partial charge in [0.05, 0.1) is 0 Å². The normalized spacial score (nSPS) is 30.0. The van der Waals surface area contributed by atoms with Crippen LogP contribution >= 0.6 is 0 Å². The summed E-state index contributed by atoms with van der Waals surface area (Å²) in [6, 6.07) is 2.33. The van der Waals surface area contributed by atoms with Gasteiger partial charge in [-0.15, -0.1) is 0 Å². The van der Waals surface area contributed by atoms with Crippen LogP contribution in [0, 0.1) is 0 Å². The van der Waals surface area contributed by atoms with Crippen molar-refractivity contribution in [2.45, 2.75) is 44.3 Å². The summed E-state index contributed by atoms with van der Waals surface area (Å²) in [5.74, 6) is 0. The van der Waals surface area contributed by atoms with Gasteiger partial charge in [0.2, 0.25) is 0 Å². The average molecular weight is 211 g/mol. The van der Waals surface area contributed by atoms with Crippen LogP contribution in [0.15, 0.2) is 0 Å². The molecule has 88 valence electrons. The van der Waals surface area contributed by atoms with Crippen molar-refractivity contribution in [3.8, 4) is 0 Å². The van der Waals surface area contributed by atoms with Gasteiger partial charge in [0.25, 0.3) is 0 Å². The lowest BCUT2D eigenvalue weighted by Crippen LogP contribution is -2.41. The molecule has 0 aromatic rings. The first-order valence-electron chi connectivity index (χ1n) is 6.30. The summed E-state index contributed by atoms with van der Waals surface area (Å²) in [5, 5.41) is 3.69. The van der Waals surface area contributed by atoms with E-state index in [0.717, 1.165) is 18.6 Å². The molecule has 2 fully saturated rings. The Kier molecular flexibility index (Phi) is 3.65. The van der Waals surface area contributed by atoms with Crippen molar-refractivity contribution < 1.29 is 0 Å². The standard InChI is InChI=1S/C12H25N3/c1-10(14(2)3)8-13-11-6-7-15(9-11)12-4-5-12/h10-13H,4-9H2,1-3H3. The minimum Gasteiger partial charge on any atom is -0.311 e. The molecule has 3 heteroatoms. The molecule has 3 nitrogen and oxygen atoms in total. The number of nitrogens with one attached hydrogen (secondary N) is 1. The van der Waals surface area contributed by atoms with E-state index in [1.807, 2.05) is 0 Å². The first-order valence-corrected chi connectivity index (χ1v) is 6.30. The van der Waals surface area contributed by atoms with Crippen molar-refractivity contribution in [3.63, 3.8) is 0 Å². The number of nitrogens with zero attached hydrogens (tertiary/aromatic N) is 2. The maximum Gasteiger partial charge on any atom is 0.0207 e. The summed E-state index contributed by atoms with van der Waals surface area (Å²) in [5.41, 5.74) is 0. The van der Waals surface area contributed by atoms with Gasteiger partial charge in [0.1, 0.15) is 0 Å². The molecule has 2 unspecified atom stereocenters. The van der Waals surface area contributed by atoms with Crippen LogP contribution in [0.25, 0.3) is 0 Å². The Labute approximate surface area is 93.8 Å². The summed E-state index contributed by atoms with van der Waals surface area (Å²) in [4.78, 5) is 4.94. The second-order valence-corrected chi connectivity index (χ2v) is 5.43. The van der Waals surface area contributed by atoms with Crippen molar-refractivity contribution in [2.75, 3.05) is 33.7 Å². The fraction of sp³-hybridized carbons (Fsp3) is 1.00. The largest absolute Gasteiger partial charge is 0.311 e. The Morgan fingerprint density at radius 3 is 2.67 bits per heavy atom. The second-order valence-electron chi connectivity index (χ2n) is 5.43. The molecule has 1 saturated carbocycles. The zero-order valence-electron chi connectivity index (χ0n) is 10.4. The zero-order valence-corrected chi connectivity index (χ0v) is 10.4. The first-order chi connectivity index (χ1) is 7.16. The van der Waals surface area contributed by atoms with E-state index in [1.165, 1.54) is 32.4 Å². The molecule has 2 atom stereocenters. The summed E-state index contributed by atoms with van der Waals surface area (Å²) in [6.07, 6.45) is 4.23. The first kappa shape index (κ1) is 11.4. The van der Waals surface area contributed by atoms with Gasteiger partial charge in [-0.1, -0.05) is 0 Å². The van der Waals surface area contributed by atoms with Crippen molar-refractivity contribution in [1.82, 2.24) is 15.1 Å². The Hall–Kier alpha value is -0.120. The van der Waals surface area contributed by atoms with Crippen LogP contribution in [0.5, 0.6) is 0 Å². The minimum absolute atomic E-state index is 0.639.